The zero-order valence-electron chi connectivity index (χ0n) is 11.3. The van der Waals surface area contributed by atoms with Crippen LogP contribution in [0.2, 0.25) is 0 Å². The van der Waals surface area contributed by atoms with Crippen molar-refractivity contribution >= 4 is 15.9 Å². The molecule has 2 rings (SSSR count). The number of nitrogens with zero attached hydrogens (tertiary/aromatic N) is 1. The van der Waals surface area contributed by atoms with Gasteiger partial charge in [0.15, 0.2) is 5.69 Å². The van der Waals surface area contributed by atoms with Crippen molar-refractivity contribution in [3.05, 3.63) is 11.4 Å². The van der Waals surface area contributed by atoms with Gasteiger partial charge in [-0.15, -0.1) is 0 Å². The van der Waals surface area contributed by atoms with E-state index >= 15 is 0 Å². The van der Waals surface area contributed by atoms with Crippen LogP contribution in [0.25, 0.3) is 0 Å². The van der Waals surface area contributed by atoms with Crippen LogP contribution >= 0.6 is 0 Å². The lowest BCUT2D eigenvalue weighted by atomic mass is 9.89. The van der Waals surface area contributed by atoms with Gasteiger partial charge in [0, 0.05) is 13.2 Å². The van der Waals surface area contributed by atoms with E-state index < -0.39 is 15.9 Å². The molecule has 8 nitrogen and oxygen atoms in total. The van der Waals surface area contributed by atoms with Gasteiger partial charge in [0.05, 0.1) is 11.8 Å². The predicted molar refractivity (Wildman–Crippen MR) is 70.6 cm³/mol. The van der Waals surface area contributed by atoms with Crippen LogP contribution in [-0.4, -0.2) is 43.8 Å². The summed E-state index contributed by atoms with van der Waals surface area (Å²) >= 11 is 0. The predicted octanol–water partition coefficient (Wildman–Crippen LogP) is -0.473. The van der Waals surface area contributed by atoms with Crippen LogP contribution in [0.3, 0.4) is 0 Å². The number of hydrogen-bond acceptors (Lipinski definition) is 5. The summed E-state index contributed by atoms with van der Waals surface area (Å²) in [7, 11) is -2.38. The molecule has 4 N–H and O–H groups in total. The molecule has 0 atom stereocenters. The molecule has 0 radical (unpaired) electrons. The minimum Gasteiger partial charge on any atom is -0.381 e. The van der Waals surface area contributed by atoms with E-state index in [0.717, 1.165) is 0 Å². The van der Waals surface area contributed by atoms with E-state index in [-0.39, 0.29) is 22.7 Å². The molecule has 112 valence electrons. The van der Waals surface area contributed by atoms with Crippen molar-refractivity contribution in [2.75, 3.05) is 7.11 Å². The second-order valence-electron chi connectivity index (χ2n) is 4.78. The highest BCUT2D eigenvalue weighted by Gasteiger charge is 2.33. The van der Waals surface area contributed by atoms with Crippen molar-refractivity contribution in [2.24, 2.45) is 5.14 Å². The lowest BCUT2D eigenvalue weighted by Gasteiger charge is -2.34. The largest absolute Gasteiger partial charge is 0.381 e. The van der Waals surface area contributed by atoms with Gasteiger partial charge in [-0.05, 0) is 19.3 Å². The second-order valence-corrected chi connectivity index (χ2v) is 6.28. The number of nitrogens with one attached hydrogen (secondary N) is 2. The van der Waals surface area contributed by atoms with Gasteiger partial charge in [-0.2, -0.15) is 5.10 Å². The van der Waals surface area contributed by atoms with E-state index in [1.165, 1.54) is 0 Å². The number of ether oxygens (including phenoxy) is 1. The van der Waals surface area contributed by atoms with Crippen molar-refractivity contribution in [2.45, 2.75) is 43.2 Å². The molecule has 0 saturated heterocycles. The number of nitrogens with two attached hydrogens (primary N) is 1. The summed E-state index contributed by atoms with van der Waals surface area (Å²) in [5.74, 6) is -0.537. The highest BCUT2D eigenvalue weighted by Crippen LogP contribution is 2.24. The molecular formula is C11H18N4O4S. The molecule has 0 bridgehead atoms. The number of carbonyl (C=O) groups is 1. The molecule has 1 aliphatic rings. The number of sulfonamides is 1. The lowest BCUT2D eigenvalue weighted by Crippen LogP contribution is -2.47. The van der Waals surface area contributed by atoms with Crippen LogP contribution in [0, 0.1) is 0 Å². The zero-order chi connectivity index (χ0) is 14.9. The van der Waals surface area contributed by atoms with E-state index in [1.54, 1.807) is 14.0 Å². The summed E-state index contributed by atoms with van der Waals surface area (Å²) in [4.78, 5) is 11.9. The third kappa shape index (κ3) is 2.84. The van der Waals surface area contributed by atoms with Crippen LogP contribution in [0.15, 0.2) is 4.90 Å². The normalized spacial score (nSPS) is 22.4. The SMILES string of the molecule is CCc1[nH]nc(C(=O)NC2CC(OC)C2)c1S(N)(=O)=O. The Bertz CT molecular complexity index is 604. The maximum Gasteiger partial charge on any atom is 0.273 e. The van der Waals surface area contributed by atoms with Crippen molar-refractivity contribution in [3.8, 4) is 0 Å². The molecule has 1 saturated carbocycles. The van der Waals surface area contributed by atoms with Gasteiger partial charge in [0.2, 0.25) is 10.0 Å². The van der Waals surface area contributed by atoms with Crippen molar-refractivity contribution < 1.29 is 17.9 Å². The number of carbonyl (C=O) groups excluding carboxylic acids is 1. The molecule has 0 aliphatic heterocycles. The molecule has 1 aromatic heterocycles. The molecule has 20 heavy (non-hydrogen) atoms. The fraction of sp³-hybridized carbons (Fsp3) is 0.636. The summed E-state index contributed by atoms with van der Waals surface area (Å²) < 4.78 is 28.3. The maximum absolute atomic E-state index is 12.1. The average Bonchev–Trinajstić information content (AvgIpc) is 2.76. The summed E-state index contributed by atoms with van der Waals surface area (Å²) in [6, 6.07) is -0.0254. The molecule has 1 amide bonds. The number of primary sulfonamides is 1. The number of aromatic nitrogens is 2. The average molecular weight is 302 g/mol. The minimum absolute atomic E-state index is 0.0254. The number of H-pyrrole nitrogens is 1. The Morgan fingerprint density at radius 1 is 1.55 bits per heavy atom. The van der Waals surface area contributed by atoms with Crippen molar-refractivity contribution in [3.63, 3.8) is 0 Å². The molecule has 9 heteroatoms. The Morgan fingerprint density at radius 2 is 2.20 bits per heavy atom. The number of hydrogen-bond donors (Lipinski definition) is 3. The van der Waals surface area contributed by atoms with Crippen molar-refractivity contribution in [1.29, 1.82) is 0 Å². The van der Waals surface area contributed by atoms with Crippen LogP contribution in [0.1, 0.15) is 35.9 Å². The molecular weight excluding hydrogens is 284 g/mol. The second kappa shape index (κ2) is 5.51. The maximum atomic E-state index is 12.1. The first kappa shape index (κ1) is 14.9. The molecule has 0 spiro atoms. The summed E-state index contributed by atoms with van der Waals surface area (Å²) in [5.41, 5.74) is 0.159. The number of aromatic amines is 1. The first-order valence-corrected chi connectivity index (χ1v) is 7.85. The number of aryl methyl sites for hydroxylation is 1. The monoisotopic (exact) mass is 302 g/mol. The van der Waals surface area contributed by atoms with Gasteiger partial charge in [0.25, 0.3) is 5.91 Å². The van der Waals surface area contributed by atoms with Crippen molar-refractivity contribution in [1.82, 2.24) is 15.5 Å². The van der Waals surface area contributed by atoms with E-state index in [1.807, 2.05) is 0 Å². The fourth-order valence-corrected chi connectivity index (χ4v) is 3.14. The van der Waals surface area contributed by atoms with Crippen LogP contribution in [-0.2, 0) is 21.2 Å². The Hall–Kier alpha value is -1.45. The van der Waals surface area contributed by atoms with E-state index in [4.69, 9.17) is 9.88 Å². The Morgan fingerprint density at radius 3 is 2.70 bits per heavy atom. The van der Waals surface area contributed by atoms with E-state index in [2.05, 4.69) is 15.5 Å². The Balaban J connectivity index is 2.17. The first-order valence-electron chi connectivity index (χ1n) is 6.30. The third-order valence-electron chi connectivity index (χ3n) is 3.41. The summed E-state index contributed by atoms with van der Waals surface area (Å²) in [6.07, 6.45) is 1.94. The minimum atomic E-state index is -4.00. The molecule has 1 heterocycles. The smallest absolute Gasteiger partial charge is 0.273 e. The van der Waals surface area contributed by atoms with Gasteiger partial charge >= 0.3 is 0 Å². The standard InChI is InChI=1S/C11H18N4O4S/c1-3-8-10(20(12,17)18)9(15-14-8)11(16)13-6-4-7(5-6)19-2/h6-7H,3-5H2,1-2H3,(H,13,16)(H,14,15)(H2,12,17,18). The van der Waals surface area contributed by atoms with E-state index in [0.29, 0.717) is 25.0 Å². The number of methoxy groups -OCH3 is 1. The van der Waals surface area contributed by atoms with Gasteiger partial charge in [-0.3, -0.25) is 9.89 Å². The van der Waals surface area contributed by atoms with Gasteiger partial charge < -0.3 is 10.1 Å². The van der Waals surface area contributed by atoms with Gasteiger partial charge in [0.1, 0.15) is 4.90 Å². The van der Waals surface area contributed by atoms with Crippen LogP contribution in [0.4, 0.5) is 0 Å². The zero-order valence-corrected chi connectivity index (χ0v) is 12.2. The molecule has 1 aliphatic carbocycles. The quantitative estimate of drug-likeness (QED) is 0.677. The topological polar surface area (TPSA) is 127 Å². The third-order valence-corrected chi connectivity index (χ3v) is 4.42. The Kier molecular flexibility index (Phi) is 4.11. The number of rotatable bonds is 5. The van der Waals surface area contributed by atoms with Gasteiger partial charge in [-0.25, -0.2) is 13.6 Å². The summed E-state index contributed by atoms with van der Waals surface area (Å²) in [6.45, 7) is 1.75. The Labute approximate surface area is 117 Å². The van der Waals surface area contributed by atoms with E-state index in [9.17, 15) is 13.2 Å². The van der Waals surface area contributed by atoms with Gasteiger partial charge in [-0.1, -0.05) is 6.92 Å². The van der Waals surface area contributed by atoms with Crippen LogP contribution in [0.5, 0.6) is 0 Å². The summed E-state index contributed by atoms with van der Waals surface area (Å²) in [5, 5.41) is 14.2. The first-order chi connectivity index (χ1) is 9.36. The lowest BCUT2D eigenvalue weighted by molar-refractivity contribution is 0.0175. The molecule has 0 unspecified atom stereocenters. The van der Waals surface area contributed by atoms with Crippen LogP contribution < -0.4 is 10.5 Å². The highest BCUT2D eigenvalue weighted by molar-refractivity contribution is 7.89. The molecule has 1 fully saturated rings. The number of amides is 1. The molecule has 0 aromatic carbocycles. The fourth-order valence-electron chi connectivity index (χ4n) is 2.20. The molecule has 1 aromatic rings. The highest BCUT2D eigenvalue weighted by atomic mass is 32.2.